The van der Waals surface area contributed by atoms with Crippen LogP contribution in [-0.4, -0.2) is 5.11 Å². The molecule has 0 amide bonds. The summed E-state index contributed by atoms with van der Waals surface area (Å²) in [6, 6.07) is 16.9. The lowest BCUT2D eigenvalue weighted by Gasteiger charge is -2.13. The molecule has 4 rings (SSSR count). The van der Waals surface area contributed by atoms with Gasteiger partial charge in [0.15, 0.2) is 0 Å². The topological polar surface area (TPSA) is 20.2 Å². The number of rotatable bonds is 1. The molecule has 4 aromatic carbocycles. The monoisotopic (exact) mass is 246 g/mol. The number of phenols is 1. The molecule has 1 N–H and O–H groups in total. The molecule has 0 aliphatic carbocycles. The van der Waals surface area contributed by atoms with Crippen LogP contribution in [0, 0.1) is 0 Å². The van der Waals surface area contributed by atoms with Crippen LogP contribution in [0.15, 0.2) is 48.5 Å². The summed E-state index contributed by atoms with van der Waals surface area (Å²) in [5.74, 6) is 0.438. The Morgan fingerprint density at radius 1 is 0.842 bits per heavy atom. The van der Waals surface area contributed by atoms with Gasteiger partial charge in [0.25, 0.3) is 0 Å². The maximum absolute atomic E-state index is 10.4. The molecule has 0 atom stereocenters. The predicted molar refractivity (Wildman–Crippen MR) is 81.2 cm³/mol. The third kappa shape index (κ3) is 1.30. The fraction of sp³-hybridized carbons (Fsp3) is 0.111. The Morgan fingerprint density at radius 2 is 1.53 bits per heavy atom. The number of benzene rings is 4. The molecule has 0 heterocycles. The second kappa shape index (κ2) is 3.61. The molecule has 1 nitrogen and oxygen atoms in total. The summed E-state index contributed by atoms with van der Waals surface area (Å²) in [7, 11) is 0. The van der Waals surface area contributed by atoms with E-state index in [0.29, 0.717) is 5.75 Å². The zero-order chi connectivity index (χ0) is 13.0. The zero-order valence-electron chi connectivity index (χ0n) is 10.8. The second-order valence-corrected chi connectivity index (χ2v) is 5.09. The molecule has 0 saturated carbocycles. The van der Waals surface area contributed by atoms with E-state index >= 15 is 0 Å². The molecule has 0 aliphatic heterocycles. The standard InChI is InChI=1S/C18H14O/c1-2-11-10-14-7-6-12-4-3-5-13-8-9-15(18(11)19)17(14)16(12)13/h3-10,19H,2H2,1H3. The van der Waals surface area contributed by atoms with E-state index in [-0.39, 0.29) is 0 Å². The van der Waals surface area contributed by atoms with Gasteiger partial charge < -0.3 is 5.11 Å². The molecule has 0 bridgehead atoms. The highest BCUT2D eigenvalue weighted by Crippen LogP contribution is 2.40. The van der Waals surface area contributed by atoms with Crippen LogP contribution in [0.3, 0.4) is 0 Å². The first-order chi connectivity index (χ1) is 9.29. The van der Waals surface area contributed by atoms with Gasteiger partial charge in [-0.15, -0.1) is 0 Å². The number of hydrogen-bond donors (Lipinski definition) is 1. The van der Waals surface area contributed by atoms with Crippen molar-refractivity contribution in [2.45, 2.75) is 13.3 Å². The van der Waals surface area contributed by atoms with E-state index in [0.717, 1.165) is 17.4 Å². The molecule has 19 heavy (non-hydrogen) atoms. The van der Waals surface area contributed by atoms with Crippen molar-refractivity contribution >= 4 is 32.3 Å². The fourth-order valence-electron chi connectivity index (χ4n) is 3.13. The molecule has 0 unspecified atom stereocenters. The van der Waals surface area contributed by atoms with Crippen LogP contribution in [0.25, 0.3) is 32.3 Å². The number of aryl methyl sites for hydroxylation is 1. The Morgan fingerprint density at radius 3 is 2.26 bits per heavy atom. The molecule has 0 saturated heterocycles. The van der Waals surface area contributed by atoms with E-state index in [9.17, 15) is 5.11 Å². The van der Waals surface area contributed by atoms with Crippen molar-refractivity contribution in [1.29, 1.82) is 0 Å². The normalized spacial score (nSPS) is 11.8. The maximum Gasteiger partial charge on any atom is 0.126 e. The quantitative estimate of drug-likeness (QED) is 0.476. The summed E-state index contributed by atoms with van der Waals surface area (Å²) >= 11 is 0. The van der Waals surface area contributed by atoms with E-state index in [1.54, 1.807) is 0 Å². The van der Waals surface area contributed by atoms with Crippen LogP contribution in [0.4, 0.5) is 0 Å². The third-order valence-corrected chi connectivity index (χ3v) is 4.08. The molecule has 0 aliphatic rings. The van der Waals surface area contributed by atoms with Gasteiger partial charge in [0.2, 0.25) is 0 Å². The smallest absolute Gasteiger partial charge is 0.126 e. The highest BCUT2D eigenvalue weighted by Gasteiger charge is 2.12. The highest BCUT2D eigenvalue weighted by molar-refractivity contribution is 6.24. The average Bonchev–Trinajstić information content (AvgIpc) is 2.46. The summed E-state index contributed by atoms with van der Waals surface area (Å²) in [4.78, 5) is 0. The molecule has 1 heteroatoms. The van der Waals surface area contributed by atoms with Gasteiger partial charge in [0, 0.05) is 10.8 Å². The molecule has 0 radical (unpaired) electrons. The maximum atomic E-state index is 10.4. The Balaban J connectivity index is 2.37. The van der Waals surface area contributed by atoms with Gasteiger partial charge in [-0.1, -0.05) is 43.3 Å². The summed E-state index contributed by atoms with van der Waals surface area (Å²) in [5, 5.41) is 17.5. The van der Waals surface area contributed by atoms with Crippen molar-refractivity contribution in [3.8, 4) is 5.75 Å². The predicted octanol–water partition coefficient (Wildman–Crippen LogP) is 4.85. The van der Waals surface area contributed by atoms with E-state index < -0.39 is 0 Å². The van der Waals surface area contributed by atoms with Gasteiger partial charge in [-0.25, -0.2) is 0 Å². The van der Waals surface area contributed by atoms with E-state index in [1.807, 2.05) is 6.07 Å². The summed E-state index contributed by atoms with van der Waals surface area (Å²) in [6.07, 6.45) is 0.850. The lowest BCUT2D eigenvalue weighted by Crippen LogP contribution is -1.88. The van der Waals surface area contributed by atoms with Crippen molar-refractivity contribution in [2.75, 3.05) is 0 Å². The van der Waals surface area contributed by atoms with Gasteiger partial charge in [-0.05, 0) is 45.7 Å². The van der Waals surface area contributed by atoms with Gasteiger partial charge >= 0.3 is 0 Å². The number of aromatic hydroxyl groups is 1. The lowest BCUT2D eigenvalue weighted by molar-refractivity contribution is 0.475. The first-order valence-electron chi connectivity index (χ1n) is 6.68. The summed E-state index contributed by atoms with van der Waals surface area (Å²) in [6.45, 7) is 2.08. The minimum atomic E-state index is 0.438. The molecule has 4 aromatic rings. The summed E-state index contributed by atoms with van der Waals surface area (Å²) in [5.41, 5.74) is 1.02. The largest absolute Gasteiger partial charge is 0.507 e. The third-order valence-electron chi connectivity index (χ3n) is 4.08. The minimum Gasteiger partial charge on any atom is -0.507 e. The van der Waals surface area contributed by atoms with Crippen LogP contribution in [-0.2, 0) is 6.42 Å². The van der Waals surface area contributed by atoms with E-state index in [2.05, 4.69) is 49.4 Å². The van der Waals surface area contributed by atoms with Gasteiger partial charge in [-0.3, -0.25) is 0 Å². The highest BCUT2D eigenvalue weighted by atomic mass is 16.3. The minimum absolute atomic E-state index is 0.438. The SMILES string of the molecule is CCc1cc2ccc3cccc4ccc(c1O)c2c34. The Kier molecular flexibility index (Phi) is 2.02. The zero-order valence-corrected chi connectivity index (χ0v) is 10.8. The molecular formula is C18H14O. The Bertz CT molecular complexity index is 890. The van der Waals surface area contributed by atoms with E-state index in [4.69, 9.17) is 0 Å². The van der Waals surface area contributed by atoms with Crippen LogP contribution in [0.1, 0.15) is 12.5 Å². The first-order valence-corrected chi connectivity index (χ1v) is 6.68. The van der Waals surface area contributed by atoms with Crippen molar-refractivity contribution < 1.29 is 5.11 Å². The van der Waals surface area contributed by atoms with Gasteiger partial charge in [0.1, 0.15) is 5.75 Å². The molecule has 92 valence electrons. The lowest BCUT2D eigenvalue weighted by atomic mass is 9.92. The van der Waals surface area contributed by atoms with Crippen molar-refractivity contribution in [3.05, 3.63) is 54.1 Å². The van der Waals surface area contributed by atoms with Crippen LogP contribution in [0.2, 0.25) is 0 Å². The van der Waals surface area contributed by atoms with Crippen LogP contribution >= 0.6 is 0 Å². The van der Waals surface area contributed by atoms with E-state index in [1.165, 1.54) is 26.9 Å². The van der Waals surface area contributed by atoms with Gasteiger partial charge in [0.05, 0.1) is 0 Å². The first kappa shape index (κ1) is 10.6. The Hall–Kier alpha value is -2.28. The van der Waals surface area contributed by atoms with Crippen molar-refractivity contribution in [3.63, 3.8) is 0 Å². The van der Waals surface area contributed by atoms with Gasteiger partial charge in [-0.2, -0.15) is 0 Å². The molecule has 0 spiro atoms. The van der Waals surface area contributed by atoms with Crippen LogP contribution < -0.4 is 0 Å². The van der Waals surface area contributed by atoms with Crippen molar-refractivity contribution in [1.82, 2.24) is 0 Å². The summed E-state index contributed by atoms with van der Waals surface area (Å²) < 4.78 is 0. The molecular weight excluding hydrogens is 232 g/mol. The van der Waals surface area contributed by atoms with Crippen LogP contribution in [0.5, 0.6) is 5.75 Å². The number of phenolic OH excluding ortho intramolecular Hbond substituents is 1. The fourth-order valence-corrected chi connectivity index (χ4v) is 3.13. The van der Waals surface area contributed by atoms with Crippen molar-refractivity contribution in [2.24, 2.45) is 0 Å². The Labute approximate surface area is 111 Å². The average molecular weight is 246 g/mol. The molecule has 0 fully saturated rings. The number of hydrogen-bond acceptors (Lipinski definition) is 1. The second-order valence-electron chi connectivity index (χ2n) is 5.09. The molecule has 0 aromatic heterocycles.